The van der Waals surface area contributed by atoms with Gasteiger partial charge in [-0.05, 0) is 42.3 Å². The zero-order valence-corrected chi connectivity index (χ0v) is 17.8. The molecule has 0 bridgehead atoms. The molecule has 3 aromatic carbocycles. The second-order valence-corrected chi connectivity index (χ2v) is 7.20. The minimum absolute atomic E-state index is 0.0287. The Morgan fingerprint density at radius 2 is 1.94 bits per heavy atom. The van der Waals surface area contributed by atoms with E-state index in [0.717, 1.165) is 0 Å². The van der Waals surface area contributed by atoms with Gasteiger partial charge in [0, 0.05) is 28.4 Å². The molecule has 3 aromatic rings. The van der Waals surface area contributed by atoms with Crippen molar-refractivity contribution in [2.75, 3.05) is 5.32 Å². The number of anilines is 1. The number of nitrogens with one attached hydrogen (secondary N) is 1. The molecule has 1 amide bonds. The molecule has 0 radical (unpaired) electrons. The zero-order chi connectivity index (χ0) is 23.1. The number of nitro groups is 1. The summed E-state index contributed by atoms with van der Waals surface area (Å²) in [7, 11) is 0. The molecule has 32 heavy (non-hydrogen) atoms. The number of ether oxygens (including phenoxy) is 1. The number of benzene rings is 3. The van der Waals surface area contributed by atoms with E-state index >= 15 is 0 Å². The maximum absolute atomic E-state index is 12.7. The lowest BCUT2D eigenvalue weighted by molar-refractivity contribution is -0.384. The fourth-order valence-electron chi connectivity index (χ4n) is 2.89. The Morgan fingerprint density at radius 3 is 2.69 bits per heavy atom. The number of nitriles is 1. The monoisotopic (exact) mass is 447 g/mol. The van der Waals surface area contributed by atoms with Crippen LogP contribution in [0.2, 0.25) is 5.02 Å². The molecule has 1 N–H and O–H groups in total. The zero-order valence-electron chi connectivity index (χ0n) is 17.0. The molecule has 0 aliphatic heterocycles. The van der Waals surface area contributed by atoms with Crippen LogP contribution >= 0.6 is 11.6 Å². The van der Waals surface area contributed by atoms with E-state index in [1.54, 1.807) is 61.5 Å². The van der Waals surface area contributed by atoms with Gasteiger partial charge in [0.15, 0.2) is 0 Å². The van der Waals surface area contributed by atoms with Gasteiger partial charge in [-0.1, -0.05) is 48.0 Å². The van der Waals surface area contributed by atoms with E-state index in [4.69, 9.17) is 16.3 Å². The minimum Gasteiger partial charge on any atom is -0.488 e. The van der Waals surface area contributed by atoms with Gasteiger partial charge in [0.1, 0.15) is 24.0 Å². The summed E-state index contributed by atoms with van der Waals surface area (Å²) in [5.74, 6) is -0.148. The molecular weight excluding hydrogens is 430 g/mol. The number of hydrogen-bond acceptors (Lipinski definition) is 5. The van der Waals surface area contributed by atoms with Gasteiger partial charge < -0.3 is 10.1 Å². The second kappa shape index (κ2) is 10.2. The molecular formula is C24H18ClN3O4. The number of halogens is 1. The first-order valence-electron chi connectivity index (χ1n) is 9.52. The number of amides is 1. The summed E-state index contributed by atoms with van der Waals surface area (Å²) in [4.78, 5) is 23.1. The first kappa shape index (κ1) is 22.5. The largest absolute Gasteiger partial charge is 0.488 e. The Labute approximate surface area is 189 Å². The second-order valence-electron chi connectivity index (χ2n) is 6.79. The standard InChI is InChI=1S/C24H18ClN3O4/c1-16-21(25)9-5-10-22(16)27-24(29)19(14-26)13-18-7-2-3-11-23(18)32-15-17-6-4-8-20(12-17)28(30)31/h2-13H,15H2,1H3,(H,27,29)/b19-13-. The highest BCUT2D eigenvalue weighted by Crippen LogP contribution is 2.25. The van der Waals surface area contributed by atoms with Crippen LogP contribution in [0, 0.1) is 28.4 Å². The van der Waals surface area contributed by atoms with Crippen molar-refractivity contribution >= 4 is 35.0 Å². The van der Waals surface area contributed by atoms with Crippen LogP contribution in [-0.4, -0.2) is 10.8 Å². The molecule has 160 valence electrons. The predicted octanol–water partition coefficient (Wildman–Crippen LogP) is 5.68. The Balaban J connectivity index is 1.80. The Kier molecular flexibility index (Phi) is 7.21. The topological polar surface area (TPSA) is 105 Å². The van der Waals surface area contributed by atoms with Crippen LogP contribution in [-0.2, 0) is 11.4 Å². The highest BCUT2D eigenvalue weighted by molar-refractivity contribution is 6.31. The van der Waals surface area contributed by atoms with Gasteiger partial charge in [-0.3, -0.25) is 14.9 Å². The summed E-state index contributed by atoms with van der Waals surface area (Å²) < 4.78 is 5.81. The highest BCUT2D eigenvalue weighted by Gasteiger charge is 2.13. The van der Waals surface area contributed by atoms with Crippen molar-refractivity contribution in [2.24, 2.45) is 0 Å². The third-order valence-electron chi connectivity index (χ3n) is 4.62. The molecule has 0 heterocycles. The van der Waals surface area contributed by atoms with Gasteiger partial charge in [0.2, 0.25) is 0 Å². The molecule has 0 saturated heterocycles. The third-order valence-corrected chi connectivity index (χ3v) is 5.03. The van der Waals surface area contributed by atoms with Crippen LogP contribution in [0.1, 0.15) is 16.7 Å². The fourth-order valence-corrected chi connectivity index (χ4v) is 3.06. The molecule has 0 unspecified atom stereocenters. The maximum Gasteiger partial charge on any atom is 0.269 e. The van der Waals surface area contributed by atoms with E-state index in [9.17, 15) is 20.2 Å². The number of carbonyl (C=O) groups is 1. The molecule has 0 aliphatic carbocycles. The summed E-state index contributed by atoms with van der Waals surface area (Å²) in [6, 6.07) is 20.1. The Morgan fingerprint density at radius 1 is 1.19 bits per heavy atom. The average molecular weight is 448 g/mol. The van der Waals surface area contributed by atoms with Gasteiger partial charge in [0.05, 0.1) is 4.92 Å². The molecule has 8 heteroatoms. The summed E-state index contributed by atoms with van der Waals surface area (Å²) in [5, 5.41) is 23.7. The molecule has 0 atom stereocenters. The Hall–Kier alpha value is -4.15. The van der Waals surface area contributed by atoms with E-state index in [0.29, 0.717) is 33.1 Å². The van der Waals surface area contributed by atoms with Crippen LogP contribution in [0.4, 0.5) is 11.4 Å². The summed E-state index contributed by atoms with van der Waals surface area (Å²) in [6.45, 7) is 1.85. The van der Waals surface area contributed by atoms with E-state index in [1.165, 1.54) is 18.2 Å². The van der Waals surface area contributed by atoms with Gasteiger partial charge in [-0.25, -0.2) is 0 Å². The van der Waals surface area contributed by atoms with Crippen LogP contribution in [0.25, 0.3) is 6.08 Å². The van der Waals surface area contributed by atoms with Crippen molar-refractivity contribution in [2.45, 2.75) is 13.5 Å². The molecule has 0 fully saturated rings. The number of hydrogen-bond donors (Lipinski definition) is 1. The molecule has 0 spiro atoms. The van der Waals surface area contributed by atoms with Crippen LogP contribution < -0.4 is 10.1 Å². The maximum atomic E-state index is 12.7. The summed E-state index contributed by atoms with van der Waals surface area (Å²) in [5.41, 5.74) is 2.20. The van der Waals surface area contributed by atoms with E-state index in [-0.39, 0.29) is 17.9 Å². The van der Waals surface area contributed by atoms with Gasteiger partial charge >= 0.3 is 0 Å². The molecule has 0 aromatic heterocycles. The molecule has 7 nitrogen and oxygen atoms in total. The van der Waals surface area contributed by atoms with E-state index < -0.39 is 10.8 Å². The normalized spacial score (nSPS) is 10.8. The number of para-hydroxylation sites is 1. The SMILES string of the molecule is Cc1c(Cl)cccc1NC(=O)/C(C#N)=C\c1ccccc1OCc1cccc([N+](=O)[O-])c1. The predicted molar refractivity (Wildman–Crippen MR) is 122 cm³/mol. The summed E-state index contributed by atoms with van der Waals surface area (Å²) in [6.07, 6.45) is 1.43. The molecule has 0 aliphatic rings. The lowest BCUT2D eigenvalue weighted by atomic mass is 10.1. The van der Waals surface area contributed by atoms with Gasteiger partial charge in [-0.15, -0.1) is 0 Å². The van der Waals surface area contributed by atoms with Crippen LogP contribution in [0.5, 0.6) is 5.75 Å². The summed E-state index contributed by atoms with van der Waals surface area (Å²) >= 11 is 6.09. The number of rotatable bonds is 7. The first-order valence-corrected chi connectivity index (χ1v) is 9.90. The quantitative estimate of drug-likeness (QED) is 0.217. The lowest BCUT2D eigenvalue weighted by Crippen LogP contribution is -2.14. The van der Waals surface area contributed by atoms with Crippen molar-refractivity contribution in [1.29, 1.82) is 5.26 Å². The first-order chi connectivity index (χ1) is 15.4. The van der Waals surface area contributed by atoms with Crippen molar-refractivity contribution in [3.05, 3.63) is 104 Å². The number of nitro benzene ring substituents is 1. The highest BCUT2D eigenvalue weighted by atomic mass is 35.5. The van der Waals surface area contributed by atoms with E-state index in [1.807, 2.05) is 6.07 Å². The van der Waals surface area contributed by atoms with Crippen molar-refractivity contribution in [3.63, 3.8) is 0 Å². The van der Waals surface area contributed by atoms with Gasteiger partial charge in [0.25, 0.3) is 11.6 Å². The van der Waals surface area contributed by atoms with Crippen LogP contribution in [0.15, 0.2) is 72.3 Å². The van der Waals surface area contributed by atoms with E-state index in [2.05, 4.69) is 5.32 Å². The van der Waals surface area contributed by atoms with Crippen molar-refractivity contribution in [1.82, 2.24) is 0 Å². The Bertz CT molecular complexity index is 1250. The smallest absolute Gasteiger partial charge is 0.269 e. The molecule has 3 rings (SSSR count). The van der Waals surface area contributed by atoms with Crippen LogP contribution in [0.3, 0.4) is 0 Å². The fraction of sp³-hybridized carbons (Fsp3) is 0.0833. The van der Waals surface area contributed by atoms with Gasteiger partial charge in [-0.2, -0.15) is 5.26 Å². The number of nitrogens with zero attached hydrogens (tertiary/aromatic N) is 2. The van der Waals surface area contributed by atoms with Crippen molar-refractivity contribution in [3.8, 4) is 11.8 Å². The number of carbonyl (C=O) groups excluding carboxylic acids is 1. The minimum atomic E-state index is -0.577. The number of non-ortho nitro benzene ring substituents is 1. The molecule has 0 saturated carbocycles. The van der Waals surface area contributed by atoms with Crippen molar-refractivity contribution < 1.29 is 14.5 Å². The third kappa shape index (κ3) is 5.50. The lowest BCUT2D eigenvalue weighted by Gasteiger charge is -2.11. The average Bonchev–Trinajstić information content (AvgIpc) is 2.79.